The maximum atomic E-state index is 12.1. The topological polar surface area (TPSA) is 20.3 Å². The van der Waals surface area contributed by atoms with Gasteiger partial charge in [-0.2, -0.15) is 11.3 Å². The lowest BCUT2D eigenvalue weighted by atomic mass is 10.1. The van der Waals surface area contributed by atoms with Gasteiger partial charge in [0.25, 0.3) is 5.91 Å². The minimum absolute atomic E-state index is 0.0670. The van der Waals surface area contributed by atoms with Crippen molar-refractivity contribution in [2.24, 2.45) is 0 Å². The molecule has 3 rings (SSSR count). The van der Waals surface area contributed by atoms with E-state index in [0.29, 0.717) is 0 Å². The smallest absolute Gasteiger partial charge is 0.258 e. The number of fused-ring (bicyclic) bond motifs is 1. The van der Waals surface area contributed by atoms with Crippen molar-refractivity contribution in [1.29, 1.82) is 0 Å². The average Bonchev–Trinajstić information content (AvgIpc) is 2.94. The van der Waals surface area contributed by atoms with E-state index in [4.69, 9.17) is 0 Å². The minimum atomic E-state index is 0.0670. The molecule has 0 saturated heterocycles. The van der Waals surface area contributed by atoms with E-state index in [1.165, 1.54) is 0 Å². The van der Waals surface area contributed by atoms with Crippen molar-refractivity contribution >= 4 is 34.6 Å². The summed E-state index contributed by atoms with van der Waals surface area (Å²) < 4.78 is 0. The van der Waals surface area contributed by atoms with Gasteiger partial charge in [0.2, 0.25) is 0 Å². The van der Waals surface area contributed by atoms with Gasteiger partial charge in [0.1, 0.15) is 0 Å². The van der Waals surface area contributed by atoms with Crippen molar-refractivity contribution in [2.75, 3.05) is 11.9 Å². The lowest BCUT2D eigenvalue weighted by molar-refractivity contribution is -0.112. The van der Waals surface area contributed by atoms with E-state index < -0.39 is 0 Å². The molecule has 1 amide bonds. The number of rotatable bonds is 1. The highest BCUT2D eigenvalue weighted by Gasteiger charge is 2.28. The minimum Gasteiger partial charge on any atom is -0.311 e. The summed E-state index contributed by atoms with van der Waals surface area (Å²) in [5.74, 6) is 0.0670. The number of carbonyl (C=O) groups is 1. The number of likely N-dealkylation sites (N-methyl/N-ethyl adjacent to an activating group) is 1. The Morgan fingerprint density at radius 3 is 2.82 bits per heavy atom. The molecule has 2 heterocycles. The lowest BCUT2D eigenvalue weighted by Gasteiger charge is -2.07. The zero-order chi connectivity index (χ0) is 11.8. The molecule has 1 aliphatic rings. The summed E-state index contributed by atoms with van der Waals surface area (Å²) in [5, 5.41) is 4.06. The van der Waals surface area contributed by atoms with Crippen LogP contribution in [0.2, 0.25) is 0 Å². The van der Waals surface area contributed by atoms with Crippen LogP contribution < -0.4 is 4.90 Å². The summed E-state index contributed by atoms with van der Waals surface area (Å²) in [4.78, 5) is 13.9. The summed E-state index contributed by atoms with van der Waals surface area (Å²) in [6.45, 7) is 0. The van der Waals surface area contributed by atoms with Crippen LogP contribution in [0.4, 0.5) is 5.69 Å². The van der Waals surface area contributed by atoms with Gasteiger partial charge in [-0.25, -0.2) is 0 Å². The van der Waals surface area contributed by atoms with Gasteiger partial charge >= 0.3 is 0 Å². The fraction of sp³-hybridized carbons (Fsp3) is 0.0714. The van der Waals surface area contributed by atoms with Gasteiger partial charge in [0.05, 0.1) is 5.69 Å². The van der Waals surface area contributed by atoms with Gasteiger partial charge in [-0.3, -0.25) is 4.79 Å². The fourth-order valence-electron chi connectivity index (χ4n) is 2.06. The number of thiophene rings is 1. The van der Waals surface area contributed by atoms with Gasteiger partial charge in [-0.1, -0.05) is 18.2 Å². The highest BCUT2D eigenvalue weighted by atomic mass is 32.1. The van der Waals surface area contributed by atoms with Crippen LogP contribution >= 0.6 is 11.3 Å². The SMILES string of the molecule is CN1C(=O)/C(=C\c2ccsc2)c2ccccc21. The van der Waals surface area contributed by atoms with Crippen LogP contribution in [0.5, 0.6) is 0 Å². The predicted molar refractivity (Wildman–Crippen MR) is 72.0 cm³/mol. The monoisotopic (exact) mass is 241 g/mol. The standard InChI is InChI=1S/C14H11NOS/c1-15-13-5-3-2-4-11(13)12(14(15)16)8-10-6-7-17-9-10/h2-9H,1H3/b12-8-. The van der Waals surface area contributed by atoms with E-state index in [0.717, 1.165) is 22.4 Å². The molecule has 0 saturated carbocycles. The zero-order valence-electron chi connectivity index (χ0n) is 9.38. The van der Waals surface area contributed by atoms with Crippen molar-refractivity contribution in [3.05, 3.63) is 52.2 Å². The van der Waals surface area contributed by atoms with Gasteiger partial charge in [-0.05, 0) is 34.5 Å². The van der Waals surface area contributed by atoms with Crippen molar-refractivity contribution in [2.45, 2.75) is 0 Å². The van der Waals surface area contributed by atoms with E-state index in [1.807, 2.05) is 54.2 Å². The molecule has 0 bridgehead atoms. The van der Waals surface area contributed by atoms with Gasteiger partial charge in [0, 0.05) is 18.2 Å². The highest BCUT2D eigenvalue weighted by molar-refractivity contribution is 7.08. The van der Waals surface area contributed by atoms with Crippen LogP contribution in [0.3, 0.4) is 0 Å². The molecule has 1 aromatic carbocycles. The number of amides is 1. The first-order chi connectivity index (χ1) is 8.27. The summed E-state index contributed by atoms with van der Waals surface area (Å²) in [6.07, 6.45) is 1.96. The molecule has 0 atom stereocenters. The molecule has 0 aliphatic carbocycles. The van der Waals surface area contributed by atoms with E-state index in [9.17, 15) is 4.79 Å². The molecule has 2 aromatic rings. The molecular formula is C14H11NOS. The molecular weight excluding hydrogens is 230 g/mol. The first-order valence-corrected chi connectivity index (χ1v) is 6.33. The molecule has 0 spiro atoms. The van der Waals surface area contributed by atoms with Crippen LogP contribution in [0.15, 0.2) is 41.1 Å². The van der Waals surface area contributed by atoms with E-state index in [-0.39, 0.29) is 5.91 Å². The molecule has 84 valence electrons. The van der Waals surface area contributed by atoms with Gasteiger partial charge in [0.15, 0.2) is 0 Å². The van der Waals surface area contributed by atoms with Crippen LogP contribution in [0.25, 0.3) is 11.6 Å². The first-order valence-electron chi connectivity index (χ1n) is 5.39. The summed E-state index contributed by atoms with van der Waals surface area (Å²) in [7, 11) is 1.82. The van der Waals surface area contributed by atoms with E-state index in [1.54, 1.807) is 16.2 Å². The van der Waals surface area contributed by atoms with Crippen molar-refractivity contribution in [3.8, 4) is 0 Å². The molecule has 1 aromatic heterocycles. The fourth-order valence-corrected chi connectivity index (χ4v) is 2.68. The second-order valence-corrected chi connectivity index (χ2v) is 4.78. The first kappa shape index (κ1) is 10.3. The number of anilines is 1. The summed E-state index contributed by atoms with van der Waals surface area (Å²) in [5.41, 5.74) is 3.87. The van der Waals surface area contributed by atoms with Crippen molar-refractivity contribution in [3.63, 3.8) is 0 Å². The number of para-hydroxylation sites is 1. The highest BCUT2D eigenvalue weighted by Crippen LogP contribution is 2.36. The Bertz CT molecular complexity index is 598. The Hall–Kier alpha value is -1.87. The van der Waals surface area contributed by atoms with Crippen molar-refractivity contribution in [1.82, 2.24) is 0 Å². The lowest BCUT2D eigenvalue weighted by Crippen LogP contribution is -2.20. The number of nitrogens with zero attached hydrogens (tertiary/aromatic N) is 1. The largest absolute Gasteiger partial charge is 0.311 e. The third-order valence-electron chi connectivity index (χ3n) is 2.94. The Morgan fingerprint density at radius 1 is 1.24 bits per heavy atom. The molecule has 0 unspecified atom stereocenters. The van der Waals surface area contributed by atoms with Gasteiger partial charge in [-0.15, -0.1) is 0 Å². The number of carbonyl (C=O) groups excluding carboxylic acids is 1. The predicted octanol–water partition coefficient (Wildman–Crippen LogP) is 3.27. The second-order valence-electron chi connectivity index (χ2n) is 4.00. The molecule has 17 heavy (non-hydrogen) atoms. The Morgan fingerprint density at radius 2 is 2.06 bits per heavy atom. The molecule has 3 heteroatoms. The molecule has 0 N–H and O–H groups in total. The Balaban J connectivity index is 2.16. The maximum absolute atomic E-state index is 12.1. The molecule has 1 aliphatic heterocycles. The van der Waals surface area contributed by atoms with Crippen LogP contribution in [0, 0.1) is 0 Å². The number of hydrogen-bond acceptors (Lipinski definition) is 2. The quantitative estimate of drug-likeness (QED) is 0.702. The van der Waals surface area contributed by atoms with Crippen LogP contribution in [-0.2, 0) is 4.79 Å². The summed E-state index contributed by atoms with van der Waals surface area (Å²) in [6, 6.07) is 9.91. The van der Waals surface area contributed by atoms with Crippen LogP contribution in [0.1, 0.15) is 11.1 Å². The van der Waals surface area contributed by atoms with Crippen molar-refractivity contribution < 1.29 is 4.79 Å². The summed E-state index contributed by atoms with van der Waals surface area (Å²) >= 11 is 1.64. The maximum Gasteiger partial charge on any atom is 0.258 e. The molecule has 0 fully saturated rings. The number of hydrogen-bond donors (Lipinski definition) is 0. The normalized spacial score (nSPS) is 16.6. The molecule has 0 radical (unpaired) electrons. The van der Waals surface area contributed by atoms with Crippen LogP contribution in [-0.4, -0.2) is 13.0 Å². The van der Waals surface area contributed by atoms with E-state index >= 15 is 0 Å². The average molecular weight is 241 g/mol. The Labute approximate surface area is 104 Å². The third-order valence-corrected chi connectivity index (χ3v) is 3.65. The van der Waals surface area contributed by atoms with Gasteiger partial charge < -0.3 is 4.90 Å². The number of benzene rings is 1. The zero-order valence-corrected chi connectivity index (χ0v) is 10.2. The third kappa shape index (κ3) is 1.59. The second kappa shape index (κ2) is 3.86. The Kier molecular flexibility index (Phi) is 2.34. The molecule has 2 nitrogen and oxygen atoms in total. The van der Waals surface area contributed by atoms with E-state index in [2.05, 4.69) is 0 Å².